The Hall–Kier alpha value is -2.38. The van der Waals surface area contributed by atoms with E-state index in [1.165, 1.54) is 0 Å². The molecule has 0 fully saturated rings. The molecule has 8 heteroatoms. The Morgan fingerprint density at radius 2 is 1.81 bits per heavy atom. The van der Waals surface area contributed by atoms with Gasteiger partial charge in [-0.05, 0) is 12.8 Å². The summed E-state index contributed by atoms with van der Waals surface area (Å²) >= 11 is 0. The first-order valence-corrected chi connectivity index (χ1v) is 6.70. The molecular weight excluding hydrogens is 280 g/mol. The van der Waals surface area contributed by atoms with Crippen LogP contribution in [0.4, 0.5) is 0 Å². The monoisotopic (exact) mass is 300 g/mol. The van der Waals surface area contributed by atoms with Crippen LogP contribution in [-0.4, -0.2) is 43.4 Å². The first-order chi connectivity index (χ1) is 9.91. The van der Waals surface area contributed by atoms with Crippen LogP contribution in [0.5, 0.6) is 17.5 Å². The molecule has 0 aliphatic heterocycles. The summed E-state index contributed by atoms with van der Waals surface area (Å²) in [6.45, 7) is 0.496. The van der Waals surface area contributed by atoms with E-state index in [0.717, 1.165) is 17.1 Å². The molecule has 1 amide bonds. The average molecular weight is 300 g/mol. The molecule has 1 heterocycles. The lowest BCUT2D eigenvalue weighted by Crippen LogP contribution is -2.25. The lowest BCUT2D eigenvalue weighted by Gasteiger charge is -2.07. The summed E-state index contributed by atoms with van der Waals surface area (Å²) in [5.74, 6) is -2.30. The van der Waals surface area contributed by atoms with E-state index < -0.39 is 17.6 Å². The lowest BCUT2D eigenvalue weighted by molar-refractivity contribution is -0.137. The van der Waals surface area contributed by atoms with Gasteiger partial charge in [0.1, 0.15) is 0 Å². The second kappa shape index (κ2) is 8.03. The summed E-state index contributed by atoms with van der Waals surface area (Å²) in [6.07, 6.45) is 2.17. The van der Waals surface area contributed by atoms with Gasteiger partial charge in [0, 0.05) is 32.0 Å². The molecule has 0 unspecified atom stereocenters. The molecule has 0 aliphatic rings. The quantitative estimate of drug-likeness (QED) is 0.428. The molecular formula is C13H20N2O6. The first kappa shape index (κ1) is 16.7. The third-order valence-corrected chi connectivity index (χ3v) is 2.98. The minimum atomic E-state index is -0.825. The van der Waals surface area contributed by atoms with Crippen LogP contribution in [0.1, 0.15) is 32.1 Å². The van der Waals surface area contributed by atoms with Crippen molar-refractivity contribution in [3.63, 3.8) is 0 Å². The third kappa shape index (κ3) is 5.64. The van der Waals surface area contributed by atoms with E-state index in [1.54, 1.807) is 0 Å². The van der Waals surface area contributed by atoms with Crippen LogP contribution in [0.15, 0.2) is 6.07 Å². The maximum Gasteiger partial charge on any atom is 0.303 e. The number of carboxylic acid groups (broad SMARTS) is 1. The smallest absolute Gasteiger partial charge is 0.303 e. The number of hydrogen-bond donors (Lipinski definition) is 5. The fourth-order valence-electron chi connectivity index (χ4n) is 1.84. The van der Waals surface area contributed by atoms with Crippen molar-refractivity contribution < 1.29 is 30.0 Å². The van der Waals surface area contributed by atoms with E-state index in [-0.39, 0.29) is 31.2 Å². The Balaban J connectivity index is 2.18. The number of unbranched alkanes of at least 4 members (excludes halogenated alkanes) is 2. The van der Waals surface area contributed by atoms with Crippen LogP contribution in [-0.2, 0) is 16.1 Å². The number of aliphatic carboxylic acids is 1. The second-order valence-electron chi connectivity index (χ2n) is 4.67. The van der Waals surface area contributed by atoms with Crippen molar-refractivity contribution >= 4 is 11.9 Å². The van der Waals surface area contributed by atoms with Crippen LogP contribution in [0, 0.1) is 0 Å². The van der Waals surface area contributed by atoms with Crippen molar-refractivity contribution in [2.24, 2.45) is 0 Å². The average Bonchev–Trinajstić information content (AvgIpc) is 2.65. The highest BCUT2D eigenvalue weighted by Gasteiger charge is 2.13. The molecule has 1 rings (SSSR count). The van der Waals surface area contributed by atoms with E-state index >= 15 is 0 Å². The molecule has 0 saturated carbocycles. The highest BCUT2D eigenvalue weighted by Crippen LogP contribution is 2.32. The Labute approximate surface area is 121 Å². The van der Waals surface area contributed by atoms with Gasteiger partial charge in [0.25, 0.3) is 0 Å². The third-order valence-electron chi connectivity index (χ3n) is 2.98. The Bertz CT molecular complexity index is 497. The van der Waals surface area contributed by atoms with Crippen molar-refractivity contribution in [1.82, 2.24) is 9.88 Å². The molecule has 0 atom stereocenters. The number of aromatic nitrogens is 1. The fourth-order valence-corrected chi connectivity index (χ4v) is 1.84. The molecule has 21 heavy (non-hydrogen) atoms. The van der Waals surface area contributed by atoms with Gasteiger partial charge >= 0.3 is 5.97 Å². The van der Waals surface area contributed by atoms with Crippen LogP contribution in [0.25, 0.3) is 0 Å². The number of carboxylic acids is 1. The predicted octanol–water partition coefficient (Wildman–Crippen LogP) is 0.756. The van der Waals surface area contributed by atoms with Gasteiger partial charge in [-0.25, -0.2) is 0 Å². The molecule has 0 aliphatic carbocycles. The molecule has 0 bridgehead atoms. The van der Waals surface area contributed by atoms with Crippen LogP contribution >= 0.6 is 0 Å². The van der Waals surface area contributed by atoms with Gasteiger partial charge in [-0.2, -0.15) is 0 Å². The molecule has 0 aromatic carbocycles. The van der Waals surface area contributed by atoms with E-state index in [9.17, 15) is 24.9 Å². The zero-order valence-electron chi connectivity index (χ0n) is 11.6. The normalized spacial score (nSPS) is 10.5. The summed E-state index contributed by atoms with van der Waals surface area (Å²) < 4.78 is 1.03. The minimum absolute atomic E-state index is 0.0447. The highest BCUT2D eigenvalue weighted by molar-refractivity contribution is 5.75. The first-order valence-electron chi connectivity index (χ1n) is 6.70. The molecule has 5 N–H and O–H groups in total. The number of nitrogens with one attached hydrogen (secondary N) is 1. The van der Waals surface area contributed by atoms with E-state index in [4.69, 9.17) is 5.11 Å². The van der Waals surface area contributed by atoms with Crippen molar-refractivity contribution in [3.05, 3.63) is 6.07 Å². The SMILES string of the molecule is O=C(O)CCCCCNC(=O)CCn1c(O)cc(O)c1O. The van der Waals surface area contributed by atoms with Crippen LogP contribution < -0.4 is 5.32 Å². The molecule has 8 nitrogen and oxygen atoms in total. The number of carbonyl (C=O) groups is 2. The van der Waals surface area contributed by atoms with Crippen molar-refractivity contribution in [2.45, 2.75) is 38.6 Å². The van der Waals surface area contributed by atoms with E-state index in [1.807, 2.05) is 0 Å². The molecule has 1 aromatic rings. The molecule has 0 spiro atoms. The van der Waals surface area contributed by atoms with Gasteiger partial charge in [0.15, 0.2) is 11.6 Å². The summed E-state index contributed by atoms with van der Waals surface area (Å²) in [5, 5.41) is 39.1. The predicted molar refractivity (Wildman–Crippen MR) is 73.2 cm³/mol. The second-order valence-corrected chi connectivity index (χ2v) is 4.67. The summed E-state index contributed by atoms with van der Waals surface area (Å²) in [4.78, 5) is 21.8. The van der Waals surface area contributed by atoms with E-state index in [0.29, 0.717) is 19.4 Å². The number of amides is 1. The number of carbonyl (C=O) groups excluding carboxylic acids is 1. The topological polar surface area (TPSA) is 132 Å². The number of hydrogen-bond acceptors (Lipinski definition) is 5. The molecule has 1 aromatic heterocycles. The van der Waals surface area contributed by atoms with Crippen molar-refractivity contribution in [3.8, 4) is 17.5 Å². The molecule has 0 saturated heterocycles. The van der Waals surface area contributed by atoms with Crippen LogP contribution in [0.3, 0.4) is 0 Å². The van der Waals surface area contributed by atoms with Crippen molar-refractivity contribution in [2.75, 3.05) is 6.54 Å². The van der Waals surface area contributed by atoms with Gasteiger partial charge in [-0.15, -0.1) is 0 Å². The summed E-state index contributed by atoms with van der Waals surface area (Å²) in [6, 6.07) is 0.996. The van der Waals surface area contributed by atoms with Gasteiger partial charge in [0.2, 0.25) is 11.8 Å². The number of nitrogens with zero attached hydrogens (tertiary/aromatic N) is 1. The summed E-state index contributed by atoms with van der Waals surface area (Å²) in [7, 11) is 0. The Kier molecular flexibility index (Phi) is 6.38. The van der Waals surface area contributed by atoms with E-state index in [2.05, 4.69) is 5.32 Å². The molecule has 118 valence electrons. The van der Waals surface area contributed by atoms with Crippen LogP contribution in [0.2, 0.25) is 0 Å². The maximum absolute atomic E-state index is 11.5. The zero-order chi connectivity index (χ0) is 15.8. The lowest BCUT2D eigenvalue weighted by atomic mass is 10.2. The largest absolute Gasteiger partial charge is 0.503 e. The maximum atomic E-state index is 11.5. The van der Waals surface area contributed by atoms with Gasteiger partial charge < -0.3 is 25.7 Å². The van der Waals surface area contributed by atoms with Gasteiger partial charge in [0.05, 0.1) is 0 Å². The highest BCUT2D eigenvalue weighted by atomic mass is 16.4. The summed E-state index contributed by atoms with van der Waals surface area (Å²) in [5.41, 5.74) is 0. The van der Waals surface area contributed by atoms with Gasteiger partial charge in [-0.3, -0.25) is 14.2 Å². The minimum Gasteiger partial charge on any atom is -0.503 e. The Morgan fingerprint density at radius 3 is 2.38 bits per heavy atom. The van der Waals surface area contributed by atoms with Crippen molar-refractivity contribution in [1.29, 1.82) is 0 Å². The van der Waals surface area contributed by atoms with Gasteiger partial charge in [-0.1, -0.05) is 6.42 Å². The molecule has 0 radical (unpaired) electrons. The Morgan fingerprint density at radius 1 is 1.10 bits per heavy atom. The zero-order valence-corrected chi connectivity index (χ0v) is 11.6. The fraction of sp³-hybridized carbons (Fsp3) is 0.538. The standard InChI is InChI=1S/C13H20N2O6/c16-9-8-11(18)15(13(9)21)7-5-10(17)14-6-3-1-2-4-12(19)20/h8,16,18,21H,1-7H2,(H,14,17)(H,19,20). The number of aromatic hydroxyl groups is 3. The number of rotatable bonds is 9.